The number of hydrogen-bond donors (Lipinski definition) is 3. The van der Waals surface area contributed by atoms with Gasteiger partial charge in [0.2, 0.25) is 0 Å². The summed E-state index contributed by atoms with van der Waals surface area (Å²) in [4.78, 5) is 16.4. The molecule has 0 saturated heterocycles. The van der Waals surface area contributed by atoms with Crippen molar-refractivity contribution in [2.45, 2.75) is 25.2 Å². The fourth-order valence-corrected chi connectivity index (χ4v) is 3.01. The van der Waals surface area contributed by atoms with Crippen molar-refractivity contribution in [3.63, 3.8) is 0 Å². The first-order valence-corrected chi connectivity index (χ1v) is 10.8. The van der Waals surface area contributed by atoms with E-state index in [9.17, 15) is 31.1 Å². The molecule has 0 fully saturated rings. The third kappa shape index (κ3) is 8.67. The van der Waals surface area contributed by atoms with Gasteiger partial charge in [0.25, 0.3) is 0 Å². The summed E-state index contributed by atoms with van der Waals surface area (Å²) < 4.78 is 82.0. The molecule has 2 rings (SSSR count). The zero-order valence-electron chi connectivity index (χ0n) is 19.0. The van der Waals surface area contributed by atoms with E-state index in [2.05, 4.69) is 4.99 Å². The molecule has 0 aliphatic rings. The van der Waals surface area contributed by atoms with Crippen LogP contribution < -0.4 is 11.5 Å². The SMILES string of the molecule is N=C/C(CCCOC(=O)c1ccc(C(/C=C(\N)C(F)(F)F)=Nc2ccccc2Cl)cc1)=C(\N)C(F)(F)F. The predicted octanol–water partition coefficient (Wildman–Crippen LogP) is 6.23. The highest BCUT2D eigenvalue weighted by atomic mass is 35.5. The zero-order valence-corrected chi connectivity index (χ0v) is 19.7. The lowest BCUT2D eigenvalue weighted by Crippen LogP contribution is -2.22. The second-order valence-corrected chi connectivity index (χ2v) is 7.85. The lowest BCUT2D eigenvalue weighted by atomic mass is 10.1. The van der Waals surface area contributed by atoms with Crippen molar-refractivity contribution in [2.24, 2.45) is 16.5 Å². The molecule has 37 heavy (non-hydrogen) atoms. The Balaban J connectivity index is 2.18. The highest BCUT2D eigenvalue weighted by Crippen LogP contribution is 2.27. The van der Waals surface area contributed by atoms with Crippen LogP contribution in [0, 0.1) is 5.41 Å². The summed E-state index contributed by atoms with van der Waals surface area (Å²) in [6.45, 7) is -0.257. The Kier molecular flexibility index (Phi) is 9.89. The molecule has 0 unspecified atom stereocenters. The molecule has 6 nitrogen and oxygen atoms in total. The van der Waals surface area contributed by atoms with Crippen LogP contribution in [0.4, 0.5) is 32.0 Å². The number of carbonyl (C=O) groups excluding carboxylic acids is 1. The van der Waals surface area contributed by atoms with E-state index in [1.165, 1.54) is 36.4 Å². The zero-order chi connectivity index (χ0) is 27.8. The molecule has 5 N–H and O–H groups in total. The van der Waals surface area contributed by atoms with Crippen molar-refractivity contribution in [1.82, 2.24) is 0 Å². The number of nitrogens with zero attached hydrogens (tertiary/aromatic N) is 1. The summed E-state index contributed by atoms with van der Waals surface area (Å²) in [6.07, 6.45) is -8.72. The molecule has 0 amide bonds. The Bertz CT molecular complexity index is 1220. The molecule has 198 valence electrons. The Morgan fingerprint density at radius 1 is 0.973 bits per heavy atom. The lowest BCUT2D eigenvalue weighted by molar-refractivity contribution is -0.0938. The third-order valence-corrected chi connectivity index (χ3v) is 5.10. The molecule has 0 saturated carbocycles. The summed E-state index contributed by atoms with van der Waals surface area (Å²) in [7, 11) is 0. The normalized spacial score (nSPS) is 13.7. The van der Waals surface area contributed by atoms with E-state index in [1.807, 2.05) is 0 Å². The fourth-order valence-electron chi connectivity index (χ4n) is 2.84. The minimum Gasteiger partial charge on any atom is -0.462 e. The molecule has 0 heterocycles. The van der Waals surface area contributed by atoms with Crippen LogP contribution in [-0.4, -0.2) is 36.9 Å². The highest BCUT2D eigenvalue weighted by molar-refractivity contribution is 6.33. The maximum atomic E-state index is 13.0. The van der Waals surface area contributed by atoms with E-state index in [-0.39, 0.29) is 47.0 Å². The summed E-state index contributed by atoms with van der Waals surface area (Å²) in [5, 5.41) is 7.27. The average Bonchev–Trinajstić information content (AvgIpc) is 2.83. The maximum Gasteiger partial charge on any atom is 0.431 e. The van der Waals surface area contributed by atoms with Gasteiger partial charge in [-0.25, -0.2) is 9.79 Å². The van der Waals surface area contributed by atoms with Crippen molar-refractivity contribution >= 4 is 35.2 Å². The Morgan fingerprint density at radius 3 is 2.11 bits per heavy atom. The van der Waals surface area contributed by atoms with Crippen LogP contribution in [0.25, 0.3) is 0 Å². The molecule has 0 aromatic heterocycles. The van der Waals surface area contributed by atoms with Crippen molar-refractivity contribution in [2.75, 3.05) is 6.61 Å². The van der Waals surface area contributed by atoms with Gasteiger partial charge in [0.15, 0.2) is 0 Å². The number of benzene rings is 2. The van der Waals surface area contributed by atoms with E-state index in [0.29, 0.717) is 12.3 Å². The van der Waals surface area contributed by atoms with E-state index < -0.39 is 35.3 Å². The lowest BCUT2D eigenvalue weighted by Gasteiger charge is -2.11. The van der Waals surface area contributed by atoms with Crippen LogP contribution in [0.3, 0.4) is 0 Å². The molecule has 0 radical (unpaired) electrons. The molecule has 2 aromatic carbocycles. The number of hydrogen-bond acceptors (Lipinski definition) is 6. The summed E-state index contributed by atoms with van der Waals surface area (Å²) in [5.74, 6) is -0.814. The average molecular weight is 547 g/mol. The number of nitrogens with two attached hydrogens (primary N) is 2. The molecular formula is C24H21ClF6N4O2. The van der Waals surface area contributed by atoms with Crippen molar-refractivity contribution < 1.29 is 35.9 Å². The number of rotatable bonds is 9. The number of nitrogens with one attached hydrogen (secondary N) is 1. The number of halogens is 7. The summed E-state index contributed by atoms with van der Waals surface area (Å²) in [5.41, 5.74) is 7.17. The second-order valence-electron chi connectivity index (χ2n) is 7.44. The number of aliphatic imine (C=N–C) groups is 1. The molecular weight excluding hydrogens is 526 g/mol. The molecule has 0 aliphatic heterocycles. The van der Waals surface area contributed by atoms with Crippen LogP contribution in [0.2, 0.25) is 5.02 Å². The van der Waals surface area contributed by atoms with Crippen molar-refractivity contribution in [3.05, 3.63) is 87.7 Å². The molecule has 0 spiro atoms. The Morgan fingerprint density at radius 2 is 1.57 bits per heavy atom. The van der Waals surface area contributed by atoms with E-state index in [4.69, 9.17) is 33.2 Å². The summed E-state index contributed by atoms with van der Waals surface area (Å²) in [6, 6.07) is 11.4. The van der Waals surface area contributed by atoms with Gasteiger partial charge >= 0.3 is 18.3 Å². The standard InChI is InChI=1S/C24H21ClF6N4O2/c25-17-5-1-2-6-18(17)35-19(12-20(33)23(26,27)28)14-7-9-15(10-8-14)22(36)37-11-3-4-16(13-32)21(34)24(29,30)31/h1-2,5-10,12-13,32H,3-4,11,33-34H2/b20-12-,21-16-,32-13?,35-19?. The Hall–Kier alpha value is -3.80. The van der Waals surface area contributed by atoms with Gasteiger partial charge in [-0.1, -0.05) is 35.9 Å². The van der Waals surface area contributed by atoms with Gasteiger partial charge in [0.05, 0.1) is 28.6 Å². The van der Waals surface area contributed by atoms with Gasteiger partial charge in [-0.05, 0) is 48.8 Å². The fraction of sp³-hybridized carbons (Fsp3) is 0.208. The maximum absolute atomic E-state index is 13.0. The van der Waals surface area contributed by atoms with E-state index in [0.717, 1.165) is 0 Å². The van der Waals surface area contributed by atoms with Gasteiger partial charge in [-0.2, -0.15) is 26.3 Å². The van der Waals surface area contributed by atoms with Crippen LogP contribution >= 0.6 is 11.6 Å². The largest absolute Gasteiger partial charge is 0.462 e. The smallest absolute Gasteiger partial charge is 0.431 e. The number of para-hydroxylation sites is 1. The van der Waals surface area contributed by atoms with Crippen LogP contribution in [0.15, 0.2) is 76.6 Å². The highest BCUT2D eigenvalue weighted by Gasteiger charge is 2.33. The second kappa shape index (κ2) is 12.4. The van der Waals surface area contributed by atoms with Gasteiger partial charge in [0.1, 0.15) is 11.4 Å². The van der Waals surface area contributed by atoms with Crippen LogP contribution in [0.5, 0.6) is 0 Å². The molecule has 13 heteroatoms. The number of allylic oxidation sites excluding steroid dienone is 4. The van der Waals surface area contributed by atoms with Crippen molar-refractivity contribution in [1.29, 1.82) is 5.41 Å². The Labute approximate surface area is 212 Å². The number of alkyl halides is 6. The van der Waals surface area contributed by atoms with Crippen LogP contribution in [0.1, 0.15) is 28.8 Å². The first-order valence-electron chi connectivity index (χ1n) is 10.5. The predicted molar refractivity (Wildman–Crippen MR) is 128 cm³/mol. The first-order chi connectivity index (χ1) is 17.2. The monoisotopic (exact) mass is 546 g/mol. The minimum absolute atomic E-state index is 0.0263. The third-order valence-electron chi connectivity index (χ3n) is 4.78. The van der Waals surface area contributed by atoms with Gasteiger partial charge in [-0.15, -0.1) is 0 Å². The van der Waals surface area contributed by atoms with E-state index >= 15 is 0 Å². The topological polar surface area (TPSA) is 115 Å². The minimum atomic E-state index is -4.80. The summed E-state index contributed by atoms with van der Waals surface area (Å²) >= 11 is 6.06. The quantitative estimate of drug-likeness (QED) is 0.150. The number of ether oxygens (including phenoxy) is 1. The molecule has 0 aliphatic carbocycles. The van der Waals surface area contributed by atoms with Crippen LogP contribution in [-0.2, 0) is 4.74 Å². The molecule has 0 atom stereocenters. The number of esters is 1. The van der Waals surface area contributed by atoms with Gasteiger partial charge < -0.3 is 21.6 Å². The van der Waals surface area contributed by atoms with Crippen molar-refractivity contribution in [3.8, 4) is 0 Å². The molecule has 0 bridgehead atoms. The van der Waals surface area contributed by atoms with Gasteiger partial charge in [0, 0.05) is 11.8 Å². The van der Waals surface area contributed by atoms with Gasteiger partial charge in [-0.3, -0.25) is 0 Å². The molecule has 2 aromatic rings. The first kappa shape index (κ1) is 29.4. The van der Waals surface area contributed by atoms with E-state index in [1.54, 1.807) is 12.1 Å². The number of carbonyl (C=O) groups is 1.